The van der Waals surface area contributed by atoms with Crippen LogP contribution in [0, 0.1) is 12.7 Å². The van der Waals surface area contributed by atoms with Crippen molar-refractivity contribution in [3.63, 3.8) is 0 Å². The van der Waals surface area contributed by atoms with Crippen molar-refractivity contribution in [1.29, 1.82) is 0 Å². The molecule has 2 rings (SSSR count). The van der Waals surface area contributed by atoms with Gasteiger partial charge in [0.2, 0.25) is 0 Å². The molecule has 0 bridgehead atoms. The molecule has 0 heterocycles. The largest absolute Gasteiger partial charge is 0.497 e. The molecule has 4 nitrogen and oxygen atoms in total. The zero-order valence-corrected chi connectivity index (χ0v) is 13.6. The van der Waals surface area contributed by atoms with E-state index in [-0.39, 0.29) is 5.82 Å². The van der Waals surface area contributed by atoms with Crippen LogP contribution in [0.4, 0.5) is 4.39 Å². The number of methoxy groups -OCH3 is 2. The Morgan fingerprint density at radius 2 is 1.91 bits per heavy atom. The topological polar surface area (TPSA) is 50.7 Å². The van der Waals surface area contributed by atoms with Crippen LogP contribution in [-0.2, 0) is 6.54 Å². The van der Waals surface area contributed by atoms with Crippen molar-refractivity contribution < 1.29 is 19.0 Å². The van der Waals surface area contributed by atoms with Gasteiger partial charge in [0.05, 0.1) is 20.3 Å². The van der Waals surface area contributed by atoms with Crippen LogP contribution in [-0.4, -0.2) is 25.9 Å². The standard InChI is InChI=1S/C18H22FNO3/c1-12-8-13(4-6-16(12)19)10-20-11-17(21)15-9-14(22-2)5-7-18(15)23-3/h4-9,17,20-21H,10-11H2,1-3H3. The van der Waals surface area contributed by atoms with Crippen LogP contribution < -0.4 is 14.8 Å². The minimum Gasteiger partial charge on any atom is -0.497 e. The van der Waals surface area contributed by atoms with E-state index < -0.39 is 6.10 Å². The van der Waals surface area contributed by atoms with E-state index in [2.05, 4.69) is 5.32 Å². The Bertz CT molecular complexity index is 661. The van der Waals surface area contributed by atoms with Crippen molar-refractivity contribution in [2.24, 2.45) is 0 Å². The maximum atomic E-state index is 13.2. The van der Waals surface area contributed by atoms with Gasteiger partial charge in [-0.25, -0.2) is 4.39 Å². The lowest BCUT2D eigenvalue weighted by molar-refractivity contribution is 0.169. The maximum absolute atomic E-state index is 13.2. The Hall–Kier alpha value is -2.11. The predicted octanol–water partition coefficient (Wildman–Crippen LogP) is 2.97. The van der Waals surface area contributed by atoms with E-state index >= 15 is 0 Å². The molecule has 0 aliphatic carbocycles. The molecule has 124 valence electrons. The van der Waals surface area contributed by atoms with Crippen molar-refractivity contribution in [1.82, 2.24) is 5.32 Å². The first-order chi connectivity index (χ1) is 11.0. The maximum Gasteiger partial charge on any atom is 0.126 e. The summed E-state index contributed by atoms with van der Waals surface area (Å²) in [4.78, 5) is 0. The highest BCUT2D eigenvalue weighted by molar-refractivity contribution is 5.41. The summed E-state index contributed by atoms with van der Waals surface area (Å²) in [5, 5.41) is 13.5. The quantitative estimate of drug-likeness (QED) is 0.824. The lowest BCUT2D eigenvalue weighted by atomic mass is 10.1. The van der Waals surface area contributed by atoms with Crippen molar-refractivity contribution in [2.75, 3.05) is 20.8 Å². The fourth-order valence-corrected chi connectivity index (χ4v) is 2.38. The van der Waals surface area contributed by atoms with Gasteiger partial charge in [-0.15, -0.1) is 0 Å². The molecule has 1 atom stereocenters. The summed E-state index contributed by atoms with van der Waals surface area (Å²) in [7, 11) is 3.14. The molecule has 0 saturated heterocycles. The normalized spacial score (nSPS) is 12.0. The third kappa shape index (κ3) is 4.43. The van der Waals surface area contributed by atoms with Crippen LogP contribution in [0.25, 0.3) is 0 Å². The first-order valence-corrected chi connectivity index (χ1v) is 7.41. The summed E-state index contributed by atoms with van der Waals surface area (Å²) < 4.78 is 23.7. The third-order valence-corrected chi connectivity index (χ3v) is 3.69. The summed E-state index contributed by atoms with van der Waals surface area (Å²) in [6, 6.07) is 10.3. The van der Waals surface area contributed by atoms with E-state index in [0.29, 0.717) is 35.7 Å². The van der Waals surface area contributed by atoms with E-state index in [1.807, 2.05) is 0 Å². The molecule has 0 amide bonds. The molecule has 0 spiro atoms. The molecule has 0 radical (unpaired) electrons. The molecule has 0 aliphatic rings. The van der Waals surface area contributed by atoms with Gasteiger partial charge in [0, 0.05) is 18.7 Å². The van der Waals surface area contributed by atoms with Crippen molar-refractivity contribution in [3.05, 3.63) is 58.9 Å². The first kappa shape index (κ1) is 17.2. The molecule has 0 fully saturated rings. The highest BCUT2D eigenvalue weighted by atomic mass is 19.1. The predicted molar refractivity (Wildman–Crippen MR) is 87.3 cm³/mol. The number of aliphatic hydroxyl groups is 1. The monoisotopic (exact) mass is 319 g/mol. The van der Waals surface area contributed by atoms with Crippen LogP contribution in [0.5, 0.6) is 11.5 Å². The SMILES string of the molecule is COc1ccc(OC)c(C(O)CNCc2ccc(F)c(C)c2)c1. The van der Waals surface area contributed by atoms with Gasteiger partial charge in [0.15, 0.2) is 0 Å². The molecule has 5 heteroatoms. The Balaban J connectivity index is 1.99. The van der Waals surface area contributed by atoms with Crippen molar-refractivity contribution in [3.8, 4) is 11.5 Å². The summed E-state index contributed by atoms with van der Waals surface area (Å²) in [5.41, 5.74) is 2.24. The highest BCUT2D eigenvalue weighted by Crippen LogP contribution is 2.29. The summed E-state index contributed by atoms with van der Waals surface area (Å²) in [5.74, 6) is 1.06. The summed E-state index contributed by atoms with van der Waals surface area (Å²) in [6.45, 7) is 2.62. The number of hydrogen-bond donors (Lipinski definition) is 2. The van der Waals surface area contributed by atoms with Gasteiger partial charge in [0.1, 0.15) is 17.3 Å². The van der Waals surface area contributed by atoms with E-state index in [9.17, 15) is 9.50 Å². The second-order valence-corrected chi connectivity index (χ2v) is 5.34. The van der Waals surface area contributed by atoms with Crippen LogP contribution in [0.1, 0.15) is 22.8 Å². The molecule has 0 saturated carbocycles. The van der Waals surface area contributed by atoms with Crippen LogP contribution in [0.2, 0.25) is 0 Å². The van der Waals surface area contributed by atoms with Gasteiger partial charge < -0.3 is 19.9 Å². The van der Waals surface area contributed by atoms with Crippen LogP contribution in [0.3, 0.4) is 0 Å². The van der Waals surface area contributed by atoms with E-state index in [4.69, 9.17) is 9.47 Å². The number of nitrogens with one attached hydrogen (secondary N) is 1. The zero-order chi connectivity index (χ0) is 16.8. The highest BCUT2D eigenvalue weighted by Gasteiger charge is 2.14. The van der Waals surface area contributed by atoms with Gasteiger partial charge in [0.25, 0.3) is 0 Å². The molecule has 1 unspecified atom stereocenters. The van der Waals surface area contributed by atoms with Crippen molar-refractivity contribution >= 4 is 0 Å². The molecule has 2 aromatic rings. The Morgan fingerprint density at radius 3 is 2.57 bits per heavy atom. The van der Waals surface area contributed by atoms with Gasteiger partial charge in [-0.05, 0) is 42.3 Å². The van der Waals surface area contributed by atoms with Gasteiger partial charge in [-0.1, -0.05) is 12.1 Å². The fourth-order valence-electron chi connectivity index (χ4n) is 2.38. The number of aryl methyl sites for hydroxylation is 1. The first-order valence-electron chi connectivity index (χ1n) is 7.41. The zero-order valence-electron chi connectivity index (χ0n) is 13.6. The van der Waals surface area contributed by atoms with Gasteiger partial charge in [-0.2, -0.15) is 0 Å². The molecule has 23 heavy (non-hydrogen) atoms. The molecule has 0 aromatic heterocycles. The number of ether oxygens (including phenoxy) is 2. The van der Waals surface area contributed by atoms with Crippen LogP contribution in [0.15, 0.2) is 36.4 Å². The number of hydrogen-bond acceptors (Lipinski definition) is 4. The second kappa shape index (κ2) is 7.94. The van der Waals surface area contributed by atoms with Gasteiger partial charge in [-0.3, -0.25) is 0 Å². The number of halogens is 1. The smallest absolute Gasteiger partial charge is 0.126 e. The van der Waals surface area contributed by atoms with Gasteiger partial charge >= 0.3 is 0 Å². The average molecular weight is 319 g/mol. The minimum atomic E-state index is -0.735. The van der Waals surface area contributed by atoms with Crippen LogP contribution >= 0.6 is 0 Å². The molecule has 0 aliphatic heterocycles. The molecular weight excluding hydrogens is 297 g/mol. The minimum absolute atomic E-state index is 0.213. The fraction of sp³-hybridized carbons (Fsp3) is 0.333. The Morgan fingerprint density at radius 1 is 1.13 bits per heavy atom. The van der Waals surface area contributed by atoms with E-state index in [1.54, 1.807) is 51.5 Å². The molecular formula is C18H22FNO3. The number of benzene rings is 2. The van der Waals surface area contributed by atoms with E-state index in [0.717, 1.165) is 5.56 Å². The average Bonchev–Trinajstić information content (AvgIpc) is 2.57. The molecule has 2 aromatic carbocycles. The second-order valence-electron chi connectivity index (χ2n) is 5.34. The van der Waals surface area contributed by atoms with Crippen molar-refractivity contribution in [2.45, 2.75) is 19.6 Å². The third-order valence-electron chi connectivity index (χ3n) is 3.69. The summed E-state index contributed by atoms with van der Waals surface area (Å²) >= 11 is 0. The lowest BCUT2D eigenvalue weighted by Gasteiger charge is -2.16. The van der Waals surface area contributed by atoms with E-state index in [1.165, 1.54) is 6.07 Å². The Kier molecular flexibility index (Phi) is 5.96. The summed E-state index contributed by atoms with van der Waals surface area (Å²) in [6.07, 6.45) is -0.735. The lowest BCUT2D eigenvalue weighted by Crippen LogP contribution is -2.21. The number of rotatable bonds is 7. The number of aliphatic hydroxyl groups excluding tert-OH is 1. The Labute approximate surface area is 135 Å². The molecule has 2 N–H and O–H groups in total.